The average molecular weight is 275 g/mol. The molecule has 0 atom stereocenters. The van der Waals surface area contributed by atoms with Gasteiger partial charge in [-0.25, -0.2) is 0 Å². The molecule has 2 rings (SSSR count). The summed E-state index contributed by atoms with van der Waals surface area (Å²) in [5.41, 5.74) is 5.95. The Morgan fingerprint density at radius 1 is 1.00 bits per heavy atom. The second-order valence-electron chi connectivity index (χ2n) is 6.24. The molecule has 1 aliphatic heterocycles. The summed E-state index contributed by atoms with van der Waals surface area (Å²) in [5.74, 6) is 0.0596. The number of carbonyl (C=O) groups is 1. The molecule has 0 bridgehead atoms. The van der Waals surface area contributed by atoms with Gasteiger partial charge in [-0.05, 0) is 68.9 Å². The number of β-amino-alcohol motifs (C(OH)–C–C–N with tert-alkyl or cyclic N) is 1. The summed E-state index contributed by atoms with van der Waals surface area (Å²) in [6.45, 7) is 13.2. The van der Waals surface area contributed by atoms with Gasteiger partial charge in [-0.3, -0.25) is 4.79 Å². The van der Waals surface area contributed by atoms with Crippen molar-refractivity contribution in [3.63, 3.8) is 0 Å². The number of hydrogen-bond donors (Lipinski definition) is 1. The van der Waals surface area contributed by atoms with Gasteiger partial charge in [-0.1, -0.05) is 6.92 Å². The van der Waals surface area contributed by atoms with Gasteiger partial charge in [-0.15, -0.1) is 0 Å². The van der Waals surface area contributed by atoms with Crippen LogP contribution >= 0.6 is 0 Å². The first-order chi connectivity index (χ1) is 9.22. The molecule has 1 aliphatic rings. The average Bonchev–Trinajstić information content (AvgIpc) is 2.39. The molecule has 0 aromatic heterocycles. The molecule has 1 aromatic rings. The zero-order valence-electron chi connectivity index (χ0n) is 13.4. The number of nitrogens with zero attached hydrogens (tertiary/aromatic N) is 1. The Hall–Kier alpha value is -1.35. The lowest BCUT2D eigenvalue weighted by atomic mass is 9.86. The van der Waals surface area contributed by atoms with E-state index in [9.17, 15) is 9.90 Å². The minimum Gasteiger partial charge on any atom is -0.386 e. The van der Waals surface area contributed by atoms with Gasteiger partial charge in [0.15, 0.2) is 0 Å². The largest absolute Gasteiger partial charge is 0.386 e. The summed E-state index contributed by atoms with van der Waals surface area (Å²) in [6.07, 6.45) is 0.695. The van der Waals surface area contributed by atoms with Crippen molar-refractivity contribution in [1.29, 1.82) is 0 Å². The minimum atomic E-state index is -0.674. The molecule has 3 nitrogen and oxygen atoms in total. The van der Waals surface area contributed by atoms with Gasteiger partial charge in [0.1, 0.15) is 0 Å². The molecule has 1 heterocycles. The highest BCUT2D eigenvalue weighted by atomic mass is 16.3. The minimum absolute atomic E-state index is 0.0596. The third-order valence-electron chi connectivity index (χ3n) is 5.13. The van der Waals surface area contributed by atoms with Crippen LogP contribution in [0, 0.1) is 34.6 Å². The lowest BCUT2D eigenvalue weighted by Crippen LogP contribution is -2.63. The topological polar surface area (TPSA) is 40.5 Å². The van der Waals surface area contributed by atoms with E-state index in [1.54, 1.807) is 4.90 Å². The van der Waals surface area contributed by atoms with E-state index in [1.165, 1.54) is 16.7 Å². The fourth-order valence-electron chi connectivity index (χ4n) is 3.01. The number of rotatable bonds is 2. The normalized spacial score (nSPS) is 17.1. The van der Waals surface area contributed by atoms with Crippen LogP contribution in [0.5, 0.6) is 0 Å². The van der Waals surface area contributed by atoms with E-state index >= 15 is 0 Å². The van der Waals surface area contributed by atoms with Crippen molar-refractivity contribution in [3.8, 4) is 0 Å². The van der Waals surface area contributed by atoms with Crippen molar-refractivity contribution >= 4 is 5.91 Å². The van der Waals surface area contributed by atoms with Crippen molar-refractivity contribution in [3.05, 3.63) is 33.4 Å². The molecule has 1 fully saturated rings. The molecule has 0 aliphatic carbocycles. The molecule has 1 saturated heterocycles. The van der Waals surface area contributed by atoms with Gasteiger partial charge in [0.05, 0.1) is 18.7 Å². The lowest BCUT2D eigenvalue weighted by molar-refractivity contribution is -0.0827. The zero-order chi connectivity index (χ0) is 15.2. The van der Waals surface area contributed by atoms with Gasteiger partial charge in [0, 0.05) is 5.56 Å². The number of likely N-dealkylation sites (tertiary alicyclic amines) is 1. The third kappa shape index (κ3) is 2.14. The van der Waals surface area contributed by atoms with E-state index < -0.39 is 5.60 Å². The van der Waals surface area contributed by atoms with Crippen LogP contribution < -0.4 is 0 Å². The second-order valence-corrected chi connectivity index (χ2v) is 6.24. The van der Waals surface area contributed by atoms with E-state index in [1.807, 2.05) is 20.8 Å². The highest BCUT2D eigenvalue weighted by Gasteiger charge is 2.42. The first kappa shape index (κ1) is 15.0. The maximum Gasteiger partial charge on any atom is 0.254 e. The number of benzene rings is 1. The van der Waals surface area contributed by atoms with E-state index in [4.69, 9.17) is 0 Å². The third-order valence-corrected chi connectivity index (χ3v) is 5.13. The van der Waals surface area contributed by atoms with Crippen molar-refractivity contribution in [2.75, 3.05) is 13.1 Å². The SMILES string of the molecule is CCC1(O)CN(C(=O)c2c(C)c(C)c(C)c(C)c2C)C1. The van der Waals surface area contributed by atoms with Gasteiger partial charge < -0.3 is 10.0 Å². The highest BCUT2D eigenvalue weighted by Crippen LogP contribution is 2.31. The van der Waals surface area contributed by atoms with Gasteiger partial charge in [0.2, 0.25) is 0 Å². The van der Waals surface area contributed by atoms with Crippen LogP contribution in [0.1, 0.15) is 51.5 Å². The van der Waals surface area contributed by atoms with E-state index in [2.05, 4.69) is 20.8 Å². The Bertz CT molecular complexity index is 540. The Labute approximate surface area is 121 Å². The number of aliphatic hydroxyl groups is 1. The Morgan fingerprint density at radius 2 is 1.40 bits per heavy atom. The Morgan fingerprint density at radius 3 is 1.80 bits per heavy atom. The molecule has 3 heteroatoms. The summed E-state index contributed by atoms with van der Waals surface area (Å²) in [5, 5.41) is 10.1. The molecule has 0 unspecified atom stereocenters. The van der Waals surface area contributed by atoms with Crippen LogP contribution in [0.3, 0.4) is 0 Å². The molecule has 1 aromatic carbocycles. The lowest BCUT2D eigenvalue weighted by Gasteiger charge is -2.46. The standard InChI is InChI=1S/C17H25NO2/c1-7-17(20)8-18(9-17)16(19)15-13(5)11(3)10(2)12(4)14(15)6/h20H,7-9H2,1-6H3. The zero-order valence-corrected chi connectivity index (χ0v) is 13.4. The first-order valence-corrected chi connectivity index (χ1v) is 7.30. The van der Waals surface area contributed by atoms with Crippen LogP contribution in [0.2, 0.25) is 0 Å². The number of hydrogen-bond acceptors (Lipinski definition) is 2. The van der Waals surface area contributed by atoms with E-state index in [0.29, 0.717) is 19.5 Å². The van der Waals surface area contributed by atoms with E-state index in [-0.39, 0.29) is 5.91 Å². The quantitative estimate of drug-likeness (QED) is 0.901. The van der Waals surface area contributed by atoms with Crippen LogP contribution in [0.15, 0.2) is 0 Å². The van der Waals surface area contributed by atoms with Crippen LogP contribution in [-0.2, 0) is 0 Å². The second kappa shape index (κ2) is 4.88. The molecule has 110 valence electrons. The Balaban J connectivity index is 2.38. The predicted molar refractivity (Wildman–Crippen MR) is 81.3 cm³/mol. The van der Waals surface area contributed by atoms with Gasteiger partial charge in [0.25, 0.3) is 5.91 Å². The number of amides is 1. The summed E-state index contributed by atoms with van der Waals surface area (Å²) in [4.78, 5) is 14.5. The molecular weight excluding hydrogens is 250 g/mol. The predicted octanol–water partition coefficient (Wildman–Crippen LogP) is 2.83. The van der Waals surface area contributed by atoms with Crippen LogP contribution in [-0.4, -0.2) is 34.6 Å². The molecule has 0 spiro atoms. The van der Waals surface area contributed by atoms with Gasteiger partial charge >= 0.3 is 0 Å². The Kier molecular flexibility index (Phi) is 3.67. The summed E-state index contributed by atoms with van der Waals surface area (Å²) in [6, 6.07) is 0. The molecule has 0 radical (unpaired) electrons. The molecule has 1 amide bonds. The first-order valence-electron chi connectivity index (χ1n) is 7.30. The maximum atomic E-state index is 12.7. The fraction of sp³-hybridized carbons (Fsp3) is 0.588. The molecular formula is C17H25NO2. The maximum absolute atomic E-state index is 12.7. The smallest absolute Gasteiger partial charge is 0.254 e. The monoisotopic (exact) mass is 275 g/mol. The molecule has 0 saturated carbocycles. The highest BCUT2D eigenvalue weighted by molar-refractivity contribution is 5.98. The van der Waals surface area contributed by atoms with Crippen molar-refractivity contribution in [2.45, 2.75) is 53.6 Å². The van der Waals surface area contributed by atoms with Crippen molar-refractivity contribution < 1.29 is 9.90 Å². The van der Waals surface area contributed by atoms with Crippen molar-refractivity contribution in [2.24, 2.45) is 0 Å². The number of carbonyl (C=O) groups excluding carboxylic acids is 1. The summed E-state index contributed by atoms with van der Waals surface area (Å²) >= 11 is 0. The van der Waals surface area contributed by atoms with Crippen molar-refractivity contribution in [1.82, 2.24) is 4.90 Å². The van der Waals surface area contributed by atoms with Gasteiger partial charge in [-0.2, -0.15) is 0 Å². The summed E-state index contributed by atoms with van der Waals surface area (Å²) in [7, 11) is 0. The summed E-state index contributed by atoms with van der Waals surface area (Å²) < 4.78 is 0. The molecule has 1 N–H and O–H groups in total. The molecule has 20 heavy (non-hydrogen) atoms. The van der Waals surface area contributed by atoms with Crippen LogP contribution in [0.4, 0.5) is 0 Å². The van der Waals surface area contributed by atoms with E-state index in [0.717, 1.165) is 16.7 Å². The van der Waals surface area contributed by atoms with Crippen LogP contribution in [0.25, 0.3) is 0 Å². The fourth-order valence-corrected chi connectivity index (χ4v) is 3.01.